The van der Waals surface area contributed by atoms with Crippen molar-refractivity contribution in [2.45, 2.75) is 42.9 Å². The highest BCUT2D eigenvalue weighted by Gasteiger charge is 2.20. The second kappa shape index (κ2) is 6.58. The number of amides is 1. The van der Waals surface area contributed by atoms with Gasteiger partial charge >= 0.3 is 0 Å². The minimum absolute atomic E-state index is 0.143. The van der Waals surface area contributed by atoms with E-state index in [-0.39, 0.29) is 16.8 Å². The van der Waals surface area contributed by atoms with Crippen molar-refractivity contribution in [2.24, 2.45) is 0 Å². The van der Waals surface area contributed by atoms with E-state index in [1.54, 1.807) is 26.0 Å². The number of carbonyl (C=O) groups excluding carboxylic acids is 1. The summed E-state index contributed by atoms with van der Waals surface area (Å²) in [7, 11) is -3.29. The predicted octanol–water partition coefficient (Wildman–Crippen LogP) is 1.35. The molecule has 1 aromatic carbocycles. The lowest BCUT2D eigenvalue weighted by Crippen LogP contribution is -2.42. The van der Waals surface area contributed by atoms with Gasteiger partial charge in [-0.15, -0.1) is 0 Å². The maximum absolute atomic E-state index is 12.1. The fourth-order valence-electron chi connectivity index (χ4n) is 2.30. The molecule has 0 atom stereocenters. The molecule has 2 rings (SSSR count). The van der Waals surface area contributed by atoms with E-state index in [2.05, 4.69) is 10.6 Å². The number of benzene rings is 1. The topological polar surface area (TPSA) is 75.3 Å². The van der Waals surface area contributed by atoms with E-state index >= 15 is 0 Å². The molecular weight excluding hydrogens is 288 g/mol. The molecule has 0 aliphatic carbocycles. The van der Waals surface area contributed by atoms with Crippen molar-refractivity contribution in [3.8, 4) is 0 Å². The molecule has 0 saturated carbocycles. The molecule has 1 amide bonds. The molecule has 0 radical (unpaired) electrons. The summed E-state index contributed by atoms with van der Waals surface area (Å²) < 4.78 is 24.0. The molecule has 1 aliphatic heterocycles. The van der Waals surface area contributed by atoms with Crippen LogP contribution in [0.2, 0.25) is 0 Å². The smallest absolute Gasteiger partial charge is 0.251 e. The van der Waals surface area contributed by atoms with Crippen LogP contribution in [0.5, 0.6) is 0 Å². The van der Waals surface area contributed by atoms with Crippen LogP contribution < -0.4 is 10.6 Å². The van der Waals surface area contributed by atoms with Crippen molar-refractivity contribution in [1.29, 1.82) is 0 Å². The van der Waals surface area contributed by atoms with Gasteiger partial charge in [0.1, 0.15) is 0 Å². The first-order valence-corrected chi connectivity index (χ1v) is 8.81. The standard InChI is InChI=1S/C15H22N2O3S/c1-11(2)21(19,20)14-5-3-12(4-6-14)15(18)17-13-7-9-16-10-8-13/h3-6,11,13,16H,7-10H2,1-2H3,(H,17,18). The first-order chi connectivity index (χ1) is 9.91. The van der Waals surface area contributed by atoms with E-state index in [0.717, 1.165) is 25.9 Å². The number of piperidine rings is 1. The lowest BCUT2D eigenvalue weighted by molar-refractivity contribution is 0.0929. The van der Waals surface area contributed by atoms with Gasteiger partial charge in [-0.3, -0.25) is 4.79 Å². The Morgan fingerprint density at radius 2 is 1.76 bits per heavy atom. The number of hydrogen-bond donors (Lipinski definition) is 2. The summed E-state index contributed by atoms with van der Waals surface area (Å²) in [6, 6.07) is 6.36. The van der Waals surface area contributed by atoms with Gasteiger partial charge in [-0.25, -0.2) is 8.42 Å². The van der Waals surface area contributed by atoms with Gasteiger partial charge in [0.15, 0.2) is 9.84 Å². The van der Waals surface area contributed by atoms with Crippen molar-refractivity contribution >= 4 is 15.7 Å². The molecule has 116 valence electrons. The summed E-state index contributed by atoms with van der Waals surface area (Å²) in [6.45, 7) is 5.12. The number of rotatable bonds is 4. The molecule has 6 heteroatoms. The average molecular weight is 310 g/mol. The van der Waals surface area contributed by atoms with Crippen LogP contribution >= 0.6 is 0 Å². The fourth-order valence-corrected chi connectivity index (χ4v) is 3.36. The van der Waals surface area contributed by atoms with Gasteiger partial charge in [0.2, 0.25) is 0 Å². The van der Waals surface area contributed by atoms with Gasteiger partial charge in [0, 0.05) is 11.6 Å². The van der Waals surface area contributed by atoms with Crippen molar-refractivity contribution in [1.82, 2.24) is 10.6 Å². The van der Waals surface area contributed by atoms with Gasteiger partial charge in [-0.2, -0.15) is 0 Å². The second-order valence-electron chi connectivity index (χ2n) is 5.62. The largest absolute Gasteiger partial charge is 0.349 e. The summed E-state index contributed by atoms with van der Waals surface area (Å²) in [5.41, 5.74) is 0.497. The lowest BCUT2D eigenvalue weighted by Gasteiger charge is -2.23. The van der Waals surface area contributed by atoms with E-state index in [1.807, 2.05) is 0 Å². The van der Waals surface area contributed by atoms with Crippen LogP contribution in [0.1, 0.15) is 37.0 Å². The Morgan fingerprint density at radius 1 is 1.19 bits per heavy atom. The van der Waals surface area contributed by atoms with E-state index in [4.69, 9.17) is 0 Å². The van der Waals surface area contributed by atoms with E-state index < -0.39 is 15.1 Å². The third-order valence-electron chi connectivity index (χ3n) is 3.74. The molecule has 0 aromatic heterocycles. The minimum Gasteiger partial charge on any atom is -0.349 e. The van der Waals surface area contributed by atoms with Crippen LogP contribution in [-0.2, 0) is 9.84 Å². The van der Waals surface area contributed by atoms with E-state index in [0.29, 0.717) is 5.56 Å². The van der Waals surface area contributed by atoms with Gasteiger partial charge in [-0.1, -0.05) is 0 Å². The van der Waals surface area contributed by atoms with Crippen LogP contribution in [0.3, 0.4) is 0 Å². The highest BCUT2D eigenvalue weighted by molar-refractivity contribution is 7.92. The number of carbonyl (C=O) groups is 1. The lowest BCUT2D eigenvalue weighted by atomic mass is 10.1. The Balaban J connectivity index is 2.06. The molecule has 1 aromatic rings. The Kier molecular flexibility index (Phi) is 5.00. The second-order valence-corrected chi connectivity index (χ2v) is 8.12. The van der Waals surface area contributed by atoms with Crippen LogP contribution in [0.4, 0.5) is 0 Å². The number of nitrogens with one attached hydrogen (secondary N) is 2. The maximum atomic E-state index is 12.1. The average Bonchev–Trinajstić information content (AvgIpc) is 2.48. The van der Waals surface area contributed by atoms with E-state index in [1.165, 1.54) is 12.1 Å². The zero-order chi connectivity index (χ0) is 15.5. The summed E-state index contributed by atoms with van der Waals surface area (Å²) >= 11 is 0. The Labute approximate surface area is 126 Å². The van der Waals surface area contributed by atoms with Crippen LogP contribution in [0, 0.1) is 0 Å². The highest BCUT2D eigenvalue weighted by atomic mass is 32.2. The molecule has 5 nitrogen and oxygen atoms in total. The number of sulfone groups is 1. The van der Waals surface area contributed by atoms with Gasteiger partial charge < -0.3 is 10.6 Å². The minimum atomic E-state index is -3.29. The molecule has 1 saturated heterocycles. The summed E-state index contributed by atoms with van der Waals surface area (Å²) in [5.74, 6) is -0.143. The van der Waals surface area contributed by atoms with Crippen LogP contribution in [-0.4, -0.2) is 38.7 Å². The third-order valence-corrected chi connectivity index (χ3v) is 5.91. The van der Waals surface area contributed by atoms with E-state index in [9.17, 15) is 13.2 Å². The molecular formula is C15H22N2O3S. The van der Waals surface area contributed by atoms with Crippen LogP contribution in [0.25, 0.3) is 0 Å². The Bertz CT molecular complexity index is 588. The molecule has 1 aliphatic rings. The molecule has 2 N–H and O–H groups in total. The molecule has 21 heavy (non-hydrogen) atoms. The summed E-state index contributed by atoms with van der Waals surface area (Å²) in [4.78, 5) is 12.4. The first kappa shape index (κ1) is 16.0. The van der Waals surface area contributed by atoms with Crippen molar-refractivity contribution < 1.29 is 13.2 Å². The molecule has 1 heterocycles. The fraction of sp³-hybridized carbons (Fsp3) is 0.533. The SMILES string of the molecule is CC(C)S(=O)(=O)c1ccc(C(=O)NC2CCNCC2)cc1. The maximum Gasteiger partial charge on any atom is 0.251 e. The Morgan fingerprint density at radius 3 is 2.29 bits per heavy atom. The monoisotopic (exact) mass is 310 g/mol. The quantitative estimate of drug-likeness (QED) is 0.880. The zero-order valence-electron chi connectivity index (χ0n) is 12.4. The summed E-state index contributed by atoms with van der Waals surface area (Å²) in [5, 5.41) is 5.77. The normalized spacial score (nSPS) is 16.9. The molecule has 0 spiro atoms. The Hall–Kier alpha value is -1.40. The molecule has 1 fully saturated rings. The molecule has 0 unspecified atom stereocenters. The van der Waals surface area contributed by atoms with Gasteiger partial charge in [0.25, 0.3) is 5.91 Å². The summed E-state index contributed by atoms with van der Waals surface area (Å²) in [6.07, 6.45) is 1.84. The zero-order valence-corrected chi connectivity index (χ0v) is 13.2. The van der Waals surface area contributed by atoms with Crippen molar-refractivity contribution in [2.75, 3.05) is 13.1 Å². The number of hydrogen-bond acceptors (Lipinski definition) is 4. The van der Waals surface area contributed by atoms with Gasteiger partial charge in [0.05, 0.1) is 10.1 Å². The van der Waals surface area contributed by atoms with Crippen LogP contribution in [0.15, 0.2) is 29.2 Å². The third kappa shape index (κ3) is 3.83. The predicted molar refractivity (Wildman–Crippen MR) is 82.1 cm³/mol. The first-order valence-electron chi connectivity index (χ1n) is 7.27. The van der Waals surface area contributed by atoms with Gasteiger partial charge in [-0.05, 0) is 64.0 Å². The molecule has 0 bridgehead atoms. The highest BCUT2D eigenvalue weighted by Crippen LogP contribution is 2.16. The van der Waals surface area contributed by atoms with Crippen molar-refractivity contribution in [3.63, 3.8) is 0 Å². The van der Waals surface area contributed by atoms with Crippen molar-refractivity contribution in [3.05, 3.63) is 29.8 Å².